The summed E-state index contributed by atoms with van der Waals surface area (Å²) in [6.45, 7) is 6.01. The molecule has 0 atom stereocenters. The zero-order valence-corrected chi connectivity index (χ0v) is 11.7. The third-order valence-corrected chi connectivity index (χ3v) is 3.59. The molecule has 0 saturated heterocycles. The Bertz CT molecular complexity index is 417. The van der Waals surface area contributed by atoms with Crippen LogP contribution < -0.4 is 4.90 Å². The molecule has 0 spiro atoms. The van der Waals surface area contributed by atoms with Crippen molar-refractivity contribution in [2.45, 2.75) is 32.6 Å². The van der Waals surface area contributed by atoms with Crippen LogP contribution in [-0.2, 0) is 11.2 Å². The van der Waals surface area contributed by atoms with Gasteiger partial charge in [0.25, 0.3) is 0 Å². The van der Waals surface area contributed by atoms with Crippen LogP contribution in [-0.4, -0.2) is 32.6 Å². The van der Waals surface area contributed by atoms with Crippen LogP contribution in [0.1, 0.15) is 42.1 Å². The van der Waals surface area contributed by atoms with E-state index in [1.54, 1.807) is 0 Å². The molecule has 3 nitrogen and oxygen atoms in total. The summed E-state index contributed by atoms with van der Waals surface area (Å²) in [6, 6.07) is 5.99. The van der Waals surface area contributed by atoms with Gasteiger partial charge in [0.05, 0.1) is 0 Å². The van der Waals surface area contributed by atoms with Gasteiger partial charge in [-0.1, -0.05) is 13.3 Å². The fraction of sp³-hybridized carbons (Fsp3) is 0.562. The van der Waals surface area contributed by atoms with E-state index in [0.717, 1.165) is 57.4 Å². The zero-order valence-electron chi connectivity index (χ0n) is 11.7. The van der Waals surface area contributed by atoms with E-state index < -0.39 is 0 Å². The minimum absolute atomic E-state index is 0.781. The van der Waals surface area contributed by atoms with Crippen LogP contribution in [0.15, 0.2) is 18.2 Å². The van der Waals surface area contributed by atoms with Gasteiger partial charge >= 0.3 is 0 Å². The summed E-state index contributed by atoms with van der Waals surface area (Å²) in [4.78, 5) is 13.2. The number of fused-ring (bicyclic) bond motifs is 1. The van der Waals surface area contributed by atoms with Gasteiger partial charge in [-0.25, -0.2) is 0 Å². The third-order valence-electron chi connectivity index (χ3n) is 3.59. The van der Waals surface area contributed by atoms with Gasteiger partial charge in [-0.3, -0.25) is 4.79 Å². The van der Waals surface area contributed by atoms with E-state index in [-0.39, 0.29) is 0 Å². The van der Waals surface area contributed by atoms with Crippen molar-refractivity contribution in [3.05, 3.63) is 29.3 Å². The normalized spacial score (nSPS) is 13.6. The van der Waals surface area contributed by atoms with E-state index in [4.69, 9.17) is 4.74 Å². The maximum atomic E-state index is 10.8. The van der Waals surface area contributed by atoms with E-state index in [9.17, 15) is 4.79 Å². The van der Waals surface area contributed by atoms with E-state index in [1.807, 2.05) is 12.1 Å². The number of anilines is 1. The highest BCUT2D eigenvalue weighted by molar-refractivity contribution is 5.77. The summed E-state index contributed by atoms with van der Waals surface area (Å²) < 4.78 is 5.59. The fourth-order valence-corrected chi connectivity index (χ4v) is 2.50. The molecule has 1 heterocycles. The average Bonchev–Trinajstić information content (AvgIpc) is 2.85. The number of nitrogens with zero attached hydrogens (tertiary/aromatic N) is 1. The fourth-order valence-electron chi connectivity index (χ4n) is 2.50. The molecule has 0 aromatic heterocycles. The first-order valence-electron chi connectivity index (χ1n) is 7.26. The zero-order chi connectivity index (χ0) is 13.5. The highest BCUT2D eigenvalue weighted by atomic mass is 16.5. The lowest BCUT2D eigenvalue weighted by Crippen LogP contribution is -2.22. The molecule has 0 N–H and O–H groups in total. The molecule has 0 unspecified atom stereocenters. The molecule has 1 aromatic carbocycles. The number of ether oxygens (including phenoxy) is 1. The van der Waals surface area contributed by atoms with Crippen LogP contribution in [0, 0.1) is 0 Å². The molecule has 19 heavy (non-hydrogen) atoms. The van der Waals surface area contributed by atoms with Crippen LogP contribution in [0.3, 0.4) is 0 Å². The van der Waals surface area contributed by atoms with Crippen molar-refractivity contribution >= 4 is 12.0 Å². The Morgan fingerprint density at radius 2 is 2.16 bits per heavy atom. The summed E-state index contributed by atoms with van der Waals surface area (Å²) in [5.41, 5.74) is 3.37. The van der Waals surface area contributed by atoms with Gasteiger partial charge in [0.15, 0.2) is 0 Å². The maximum Gasteiger partial charge on any atom is 0.150 e. The molecule has 0 bridgehead atoms. The standard InChI is InChI=1S/C16H23NO2/c1-2-3-10-19-11-4-8-17-9-7-15-12-14(13-18)5-6-16(15)17/h5-6,12-13H,2-4,7-11H2,1H3. The van der Waals surface area contributed by atoms with Gasteiger partial charge in [-0.2, -0.15) is 0 Å². The summed E-state index contributed by atoms with van der Waals surface area (Å²) in [5, 5.41) is 0. The van der Waals surface area contributed by atoms with Gasteiger partial charge in [0.1, 0.15) is 6.29 Å². The van der Waals surface area contributed by atoms with Crippen molar-refractivity contribution < 1.29 is 9.53 Å². The van der Waals surface area contributed by atoms with Crippen molar-refractivity contribution in [3.63, 3.8) is 0 Å². The van der Waals surface area contributed by atoms with E-state index in [1.165, 1.54) is 17.7 Å². The number of carbonyl (C=O) groups excluding carboxylic acids is 1. The second-order valence-electron chi connectivity index (χ2n) is 5.06. The van der Waals surface area contributed by atoms with E-state index in [0.29, 0.717) is 0 Å². The number of rotatable bonds is 8. The molecule has 1 aromatic rings. The Labute approximate surface area is 115 Å². The van der Waals surface area contributed by atoms with Crippen molar-refractivity contribution in [2.75, 3.05) is 31.2 Å². The Morgan fingerprint density at radius 3 is 2.95 bits per heavy atom. The summed E-state index contributed by atoms with van der Waals surface area (Å²) in [7, 11) is 0. The van der Waals surface area contributed by atoms with Gasteiger partial charge in [-0.05, 0) is 43.0 Å². The predicted octanol–water partition coefficient (Wildman–Crippen LogP) is 3.07. The summed E-state index contributed by atoms with van der Waals surface area (Å²) >= 11 is 0. The first kappa shape index (κ1) is 14.1. The lowest BCUT2D eigenvalue weighted by atomic mass is 10.1. The number of hydrogen-bond donors (Lipinski definition) is 0. The molecule has 0 amide bonds. The van der Waals surface area contributed by atoms with Crippen molar-refractivity contribution in [2.24, 2.45) is 0 Å². The molecule has 104 valence electrons. The highest BCUT2D eigenvalue weighted by Gasteiger charge is 2.18. The Hall–Kier alpha value is -1.35. The van der Waals surface area contributed by atoms with Crippen LogP contribution in [0.2, 0.25) is 0 Å². The molecule has 0 radical (unpaired) electrons. The minimum Gasteiger partial charge on any atom is -0.381 e. The molecule has 0 fully saturated rings. The van der Waals surface area contributed by atoms with Crippen LogP contribution in [0.5, 0.6) is 0 Å². The molecular formula is C16H23NO2. The molecule has 0 aliphatic carbocycles. The molecule has 2 rings (SSSR count). The quantitative estimate of drug-likeness (QED) is 0.532. The maximum absolute atomic E-state index is 10.8. The van der Waals surface area contributed by atoms with Gasteiger partial charge in [0.2, 0.25) is 0 Å². The summed E-state index contributed by atoms with van der Waals surface area (Å²) in [5.74, 6) is 0. The topological polar surface area (TPSA) is 29.5 Å². The predicted molar refractivity (Wildman–Crippen MR) is 78.1 cm³/mol. The van der Waals surface area contributed by atoms with E-state index in [2.05, 4.69) is 17.9 Å². The van der Waals surface area contributed by atoms with Crippen molar-refractivity contribution in [1.29, 1.82) is 0 Å². The van der Waals surface area contributed by atoms with Gasteiger partial charge < -0.3 is 9.64 Å². The van der Waals surface area contributed by atoms with Crippen molar-refractivity contribution in [1.82, 2.24) is 0 Å². The number of benzene rings is 1. The average molecular weight is 261 g/mol. The van der Waals surface area contributed by atoms with Crippen LogP contribution in [0.4, 0.5) is 5.69 Å². The SMILES string of the molecule is CCCCOCCCN1CCc2cc(C=O)ccc21. The van der Waals surface area contributed by atoms with Gasteiger partial charge in [-0.15, -0.1) is 0 Å². The Kier molecular flexibility index (Phi) is 5.40. The van der Waals surface area contributed by atoms with E-state index >= 15 is 0 Å². The molecular weight excluding hydrogens is 238 g/mol. The largest absolute Gasteiger partial charge is 0.381 e. The monoisotopic (exact) mass is 261 g/mol. The Morgan fingerprint density at radius 1 is 1.32 bits per heavy atom. The Balaban J connectivity index is 1.77. The molecule has 1 aliphatic heterocycles. The molecule has 3 heteroatoms. The number of carbonyl (C=O) groups is 1. The lowest BCUT2D eigenvalue weighted by Gasteiger charge is -2.19. The molecule has 1 aliphatic rings. The summed E-state index contributed by atoms with van der Waals surface area (Å²) in [6.07, 6.45) is 5.39. The molecule has 0 saturated carbocycles. The first-order chi connectivity index (χ1) is 9.35. The third kappa shape index (κ3) is 3.80. The van der Waals surface area contributed by atoms with Crippen molar-refractivity contribution in [3.8, 4) is 0 Å². The number of hydrogen-bond acceptors (Lipinski definition) is 3. The number of unbranched alkanes of at least 4 members (excludes halogenated alkanes) is 1. The number of aldehydes is 1. The van der Waals surface area contributed by atoms with Crippen LogP contribution in [0.25, 0.3) is 0 Å². The lowest BCUT2D eigenvalue weighted by molar-refractivity contribution is 0.112. The van der Waals surface area contributed by atoms with Crippen LogP contribution >= 0.6 is 0 Å². The first-order valence-corrected chi connectivity index (χ1v) is 7.26. The second-order valence-corrected chi connectivity index (χ2v) is 5.06. The minimum atomic E-state index is 0.781. The highest BCUT2D eigenvalue weighted by Crippen LogP contribution is 2.28. The second kappa shape index (κ2) is 7.29. The smallest absolute Gasteiger partial charge is 0.150 e. The van der Waals surface area contributed by atoms with Gasteiger partial charge in [0, 0.05) is 37.6 Å².